The van der Waals surface area contributed by atoms with E-state index in [1.165, 1.54) is 23.7 Å². The van der Waals surface area contributed by atoms with E-state index in [0.29, 0.717) is 11.8 Å². The zero-order chi connectivity index (χ0) is 20.8. The molecule has 0 radical (unpaired) electrons. The third kappa shape index (κ3) is 4.93. The molecule has 1 aliphatic heterocycles. The summed E-state index contributed by atoms with van der Waals surface area (Å²) >= 11 is 1.49. The van der Waals surface area contributed by atoms with Gasteiger partial charge in [-0.1, -0.05) is 60.3 Å². The number of aromatic nitrogens is 3. The number of likely N-dealkylation sites (tertiary alicyclic amines) is 1. The maximum Gasteiger partial charge on any atom is 0.233 e. The predicted octanol–water partition coefficient (Wildman–Crippen LogP) is 4.55. The van der Waals surface area contributed by atoms with Crippen LogP contribution in [0.3, 0.4) is 0 Å². The van der Waals surface area contributed by atoms with Crippen LogP contribution in [0.5, 0.6) is 0 Å². The van der Waals surface area contributed by atoms with Crippen LogP contribution in [-0.4, -0.2) is 43.9 Å². The average Bonchev–Trinajstić information content (AvgIpc) is 3.20. The zero-order valence-corrected chi connectivity index (χ0v) is 18.2. The Kier molecular flexibility index (Phi) is 6.84. The van der Waals surface area contributed by atoms with Crippen LogP contribution in [-0.2, 0) is 17.6 Å². The molecular formula is C24H28N4OS. The number of nitrogens with zero attached hydrogens (tertiary/aromatic N) is 4. The van der Waals surface area contributed by atoms with Crippen molar-refractivity contribution in [3.63, 3.8) is 0 Å². The van der Waals surface area contributed by atoms with Crippen molar-refractivity contribution >= 4 is 17.7 Å². The summed E-state index contributed by atoms with van der Waals surface area (Å²) in [4.78, 5) is 14.8. The molecule has 3 aromatic rings. The topological polar surface area (TPSA) is 51.0 Å². The van der Waals surface area contributed by atoms with E-state index < -0.39 is 0 Å². The van der Waals surface area contributed by atoms with Crippen molar-refractivity contribution in [1.29, 1.82) is 0 Å². The number of hydrogen-bond donors (Lipinski definition) is 0. The minimum Gasteiger partial charge on any atom is -0.339 e. The summed E-state index contributed by atoms with van der Waals surface area (Å²) in [5.74, 6) is 1.51. The molecule has 1 saturated heterocycles. The van der Waals surface area contributed by atoms with E-state index in [4.69, 9.17) is 0 Å². The van der Waals surface area contributed by atoms with E-state index in [1.807, 2.05) is 29.2 Å². The van der Waals surface area contributed by atoms with Gasteiger partial charge in [0.15, 0.2) is 5.16 Å². The number of carbonyl (C=O) groups is 1. The molecular weight excluding hydrogens is 392 g/mol. The molecule has 2 heterocycles. The number of benzene rings is 2. The Morgan fingerprint density at radius 2 is 1.73 bits per heavy atom. The van der Waals surface area contributed by atoms with Crippen LogP contribution < -0.4 is 0 Å². The number of para-hydroxylation sites is 1. The number of aryl methyl sites for hydroxylation is 2. The third-order valence-corrected chi connectivity index (χ3v) is 6.56. The van der Waals surface area contributed by atoms with Crippen molar-refractivity contribution in [2.75, 3.05) is 12.3 Å². The van der Waals surface area contributed by atoms with E-state index in [0.717, 1.165) is 48.9 Å². The van der Waals surface area contributed by atoms with Gasteiger partial charge in [0.25, 0.3) is 0 Å². The van der Waals surface area contributed by atoms with Crippen molar-refractivity contribution in [2.45, 2.75) is 50.2 Å². The second kappa shape index (κ2) is 9.94. The first-order valence-electron chi connectivity index (χ1n) is 10.7. The van der Waals surface area contributed by atoms with Crippen molar-refractivity contribution in [3.8, 4) is 5.69 Å². The highest BCUT2D eigenvalue weighted by Crippen LogP contribution is 2.25. The Morgan fingerprint density at radius 3 is 2.47 bits per heavy atom. The molecule has 0 saturated carbocycles. The summed E-state index contributed by atoms with van der Waals surface area (Å²) < 4.78 is 2.10. The van der Waals surface area contributed by atoms with Gasteiger partial charge in [-0.25, -0.2) is 0 Å². The lowest BCUT2D eigenvalue weighted by molar-refractivity contribution is -0.131. The SMILES string of the molecule is C[C@H]1CCCCN1C(=O)CSc1nnc(CCc2ccccc2)n1-c1ccccc1. The molecule has 1 amide bonds. The van der Waals surface area contributed by atoms with Crippen LogP contribution in [0.2, 0.25) is 0 Å². The van der Waals surface area contributed by atoms with E-state index >= 15 is 0 Å². The first kappa shape index (κ1) is 20.7. The fraction of sp³-hybridized carbons (Fsp3) is 0.375. The van der Waals surface area contributed by atoms with Gasteiger partial charge in [0.1, 0.15) is 5.82 Å². The first-order valence-corrected chi connectivity index (χ1v) is 11.7. The summed E-state index contributed by atoms with van der Waals surface area (Å²) in [6.07, 6.45) is 5.11. The Bertz CT molecular complexity index is 958. The Balaban J connectivity index is 1.51. The van der Waals surface area contributed by atoms with Crippen LogP contribution in [0.4, 0.5) is 0 Å². The van der Waals surface area contributed by atoms with Crippen molar-refractivity contribution in [2.24, 2.45) is 0 Å². The second-order valence-electron chi connectivity index (χ2n) is 7.78. The van der Waals surface area contributed by atoms with E-state index in [2.05, 4.69) is 58.1 Å². The minimum atomic E-state index is 0.195. The monoisotopic (exact) mass is 420 g/mol. The molecule has 0 unspecified atom stereocenters. The highest BCUT2D eigenvalue weighted by Gasteiger charge is 2.24. The fourth-order valence-corrected chi connectivity index (χ4v) is 4.83. The average molecular weight is 421 g/mol. The maximum absolute atomic E-state index is 12.8. The van der Waals surface area contributed by atoms with Crippen molar-refractivity contribution in [3.05, 3.63) is 72.1 Å². The fourth-order valence-electron chi connectivity index (χ4n) is 3.97. The summed E-state index contributed by atoms with van der Waals surface area (Å²) in [5.41, 5.74) is 2.32. The Labute approximate surface area is 182 Å². The lowest BCUT2D eigenvalue weighted by Crippen LogP contribution is -2.42. The quantitative estimate of drug-likeness (QED) is 0.527. The number of hydrogen-bond acceptors (Lipinski definition) is 4. The van der Waals surface area contributed by atoms with E-state index in [9.17, 15) is 4.79 Å². The molecule has 156 valence electrons. The molecule has 0 spiro atoms. The van der Waals surface area contributed by atoms with Gasteiger partial charge in [0.05, 0.1) is 5.75 Å². The normalized spacial score (nSPS) is 16.6. The van der Waals surface area contributed by atoms with Gasteiger partial charge in [-0.2, -0.15) is 0 Å². The molecule has 2 aromatic carbocycles. The van der Waals surface area contributed by atoms with Gasteiger partial charge in [-0.05, 0) is 50.3 Å². The molecule has 0 N–H and O–H groups in total. The smallest absolute Gasteiger partial charge is 0.233 e. The minimum absolute atomic E-state index is 0.195. The summed E-state index contributed by atoms with van der Waals surface area (Å²) in [6, 6.07) is 20.9. The van der Waals surface area contributed by atoms with Gasteiger partial charge in [-0.3, -0.25) is 9.36 Å². The maximum atomic E-state index is 12.8. The summed E-state index contributed by atoms with van der Waals surface area (Å²) in [7, 11) is 0. The molecule has 1 aromatic heterocycles. The van der Waals surface area contributed by atoms with Gasteiger partial charge >= 0.3 is 0 Å². The van der Waals surface area contributed by atoms with Gasteiger partial charge < -0.3 is 4.90 Å². The number of amides is 1. The number of piperidine rings is 1. The Morgan fingerprint density at radius 1 is 1.00 bits per heavy atom. The molecule has 0 bridgehead atoms. The number of carbonyl (C=O) groups excluding carboxylic acids is 1. The van der Waals surface area contributed by atoms with E-state index in [-0.39, 0.29) is 5.91 Å². The van der Waals surface area contributed by atoms with Crippen LogP contribution in [0.1, 0.15) is 37.6 Å². The zero-order valence-electron chi connectivity index (χ0n) is 17.4. The molecule has 5 nitrogen and oxygen atoms in total. The highest BCUT2D eigenvalue weighted by molar-refractivity contribution is 7.99. The van der Waals surface area contributed by atoms with Crippen LogP contribution in [0.15, 0.2) is 65.8 Å². The summed E-state index contributed by atoms with van der Waals surface area (Å²) in [5, 5.41) is 9.71. The molecule has 1 aliphatic rings. The van der Waals surface area contributed by atoms with Crippen molar-refractivity contribution in [1.82, 2.24) is 19.7 Å². The molecule has 30 heavy (non-hydrogen) atoms. The second-order valence-corrected chi connectivity index (χ2v) is 8.72. The molecule has 1 atom stereocenters. The van der Waals surface area contributed by atoms with E-state index in [1.54, 1.807) is 0 Å². The Hall–Kier alpha value is -2.60. The molecule has 4 rings (SSSR count). The third-order valence-electron chi connectivity index (χ3n) is 5.64. The largest absolute Gasteiger partial charge is 0.339 e. The number of rotatable bonds is 7. The highest BCUT2D eigenvalue weighted by atomic mass is 32.2. The lowest BCUT2D eigenvalue weighted by Gasteiger charge is -2.33. The summed E-state index contributed by atoms with van der Waals surface area (Å²) in [6.45, 7) is 3.02. The first-order chi connectivity index (χ1) is 14.7. The lowest BCUT2D eigenvalue weighted by atomic mass is 10.0. The van der Waals surface area contributed by atoms with Crippen molar-refractivity contribution < 1.29 is 4.79 Å². The van der Waals surface area contributed by atoms with Crippen LogP contribution >= 0.6 is 11.8 Å². The molecule has 6 heteroatoms. The standard InChI is InChI=1S/C24H28N4OS/c1-19-10-8-9-17-27(19)23(29)18-30-24-26-25-22(16-15-20-11-4-2-5-12-20)28(24)21-13-6-3-7-14-21/h2-7,11-14,19H,8-10,15-18H2,1H3/t19-/m0/s1. The van der Waals surface area contributed by atoms with Gasteiger partial charge in [-0.15, -0.1) is 10.2 Å². The number of thioether (sulfide) groups is 1. The van der Waals surface area contributed by atoms with Crippen LogP contribution in [0, 0.1) is 0 Å². The van der Waals surface area contributed by atoms with Gasteiger partial charge in [0, 0.05) is 24.7 Å². The molecule has 1 fully saturated rings. The van der Waals surface area contributed by atoms with Crippen LogP contribution in [0.25, 0.3) is 5.69 Å². The predicted molar refractivity (Wildman–Crippen MR) is 121 cm³/mol. The van der Waals surface area contributed by atoms with Gasteiger partial charge in [0.2, 0.25) is 5.91 Å². The molecule has 0 aliphatic carbocycles.